The highest BCUT2D eigenvalue weighted by molar-refractivity contribution is 7.91. The Hall–Kier alpha value is -2.26. The third-order valence-corrected chi connectivity index (χ3v) is 6.59. The molecule has 1 aromatic carbocycles. The van der Waals surface area contributed by atoms with E-state index in [0.29, 0.717) is 6.42 Å². The van der Waals surface area contributed by atoms with E-state index in [2.05, 4.69) is 5.10 Å². The molecule has 1 fully saturated rings. The summed E-state index contributed by atoms with van der Waals surface area (Å²) < 4.78 is 23.7. The molecule has 2 aliphatic rings. The Morgan fingerprint density at radius 3 is 2.37 bits per heavy atom. The van der Waals surface area contributed by atoms with Gasteiger partial charge in [-0.1, -0.05) is 18.2 Å². The number of amides is 1. The quantitative estimate of drug-likeness (QED) is 0.686. The number of carbonyl (C=O) groups is 2. The number of hydrogen-bond donors (Lipinski definition) is 0. The van der Waals surface area contributed by atoms with Gasteiger partial charge in [0.1, 0.15) is 11.8 Å². The van der Waals surface area contributed by atoms with E-state index < -0.39 is 21.9 Å². The maximum absolute atomic E-state index is 13.2. The monoisotopic (exact) mass is 392 g/mol. The maximum atomic E-state index is 13.2. The molecule has 0 bridgehead atoms. The first-order chi connectivity index (χ1) is 12.7. The van der Waals surface area contributed by atoms with E-state index in [1.54, 1.807) is 24.1 Å². The summed E-state index contributed by atoms with van der Waals surface area (Å²) in [6, 6.07) is 8.27. The highest BCUT2D eigenvalue weighted by atomic mass is 32.2. The van der Waals surface area contributed by atoms with Crippen molar-refractivity contribution in [2.24, 2.45) is 5.10 Å². The number of sulfone groups is 1. The summed E-state index contributed by atoms with van der Waals surface area (Å²) in [5, 5.41) is 9.07. The molecule has 2 heterocycles. The normalized spacial score (nSPS) is 24.1. The van der Waals surface area contributed by atoms with E-state index in [1.807, 2.05) is 30.3 Å². The van der Waals surface area contributed by atoms with Crippen LogP contribution in [0.5, 0.6) is 0 Å². The lowest BCUT2D eigenvalue weighted by molar-refractivity contribution is -0.141. The molecule has 2 aliphatic heterocycles. The van der Waals surface area contributed by atoms with Crippen LogP contribution in [0.15, 0.2) is 35.4 Å². The number of hydrogen-bond acceptors (Lipinski definition) is 7. The second-order valence-corrected chi connectivity index (χ2v) is 9.34. The number of rotatable bonds is 5. The van der Waals surface area contributed by atoms with Crippen molar-refractivity contribution in [3.63, 3.8) is 0 Å². The number of anilines is 1. The molecule has 0 aliphatic carbocycles. The van der Waals surface area contributed by atoms with Gasteiger partial charge in [-0.05, 0) is 25.5 Å². The molecule has 0 N–H and O–H groups in total. The van der Waals surface area contributed by atoms with Crippen molar-refractivity contribution >= 4 is 32.9 Å². The van der Waals surface area contributed by atoms with Crippen LogP contribution in [0.4, 0.5) is 5.69 Å². The minimum Gasteiger partial charge on any atom is -0.298 e. The molecule has 8 nitrogen and oxygen atoms in total. The Kier molecular flexibility index (Phi) is 5.34. The lowest BCUT2D eigenvalue weighted by atomic mass is 10.1. The zero-order chi connectivity index (χ0) is 19.8. The third kappa shape index (κ3) is 4.03. The van der Waals surface area contributed by atoms with Crippen LogP contribution >= 0.6 is 0 Å². The molecule has 27 heavy (non-hydrogen) atoms. The van der Waals surface area contributed by atoms with Gasteiger partial charge in [-0.2, -0.15) is 5.10 Å². The summed E-state index contributed by atoms with van der Waals surface area (Å²) >= 11 is 0. The highest BCUT2D eigenvalue weighted by Crippen LogP contribution is 2.27. The Bertz CT molecular complexity index is 867. The summed E-state index contributed by atoms with van der Waals surface area (Å²) in [6.07, 6.45) is 0.602. The van der Waals surface area contributed by atoms with Gasteiger partial charge >= 0.3 is 0 Å². The minimum absolute atomic E-state index is 0.0528. The van der Waals surface area contributed by atoms with Gasteiger partial charge in [0, 0.05) is 20.5 Å². The Morgan fingerprint density at radius 1 is 1.19 bits per heavy atom. The average Bonchev–Trinajstić information content (AvgIpc) is 3.19. The molecule has 2 atom stereocenters. The molecule has 3 rings (SSSR count). The number of nitrogens with zero attached hydrogens (tertiary/aromatic N) is 4. The minimum atomic E-state index is -3.13. The molecule has 1 amide bonds. The summed E-state index contributed by atoms with van der Waals surface area (Å²) in [5.41, 5.74) is 0.998. The van der Waals surface area contributed by atoms with Crippen molar-refractivity contribution in [3.8, 4) is 0 Å². The van der Waals surface area contributed by atoms with Crippen LogP contribution in [-0.4, -0.2) is 73.5 Å². The standard InChI is InChI=1S/C18H24N4O4S/c1-13(23)17-11-16(19-21(17)14-7-5-4-6-8-14)18(24)22(20(2)3)15-9-10-27(25,26)12-15/h4-8,15,17H,9-12H2,1-3H3. The predicted octanol–water partition coefficient (Wildman–Crippen LogP) is 0.703. The first kappa shape index (κ1) is 19.5. The van der Waals surface area contributed by atoms with Gasteiger partial charge in [0.25, 0.3) is 5.91 Å². The lowest BCUT2D eigenvalue weighted by Gasteiger charge is -2.33. The molecule has 0 spiro atoms. The van der Waals surface area contributed by atoms with E-state index >= 15 is 0 Å². The van der Waals surface area contributed by atoms with E-state index in [0.717, 1.165) is 5.69 Å². The molecular weight excluding hydrogens is 368 g/mol. The van der Waals surface area contributed by atoms with Crippen LogP contribution < -0.4 is 5.01 Å². The van der Waals surface area contributed by atoms with Gasteiger partial charge in [0.05, 0.1) is 23.2 Å². The zero-order valence-corrected chi connectivity index (χ0v) is 16.5. The molecule has 1 saturated heterocycles. The Labute approximate surface area is 159 Å². The topological polar surface area (TPSA) is 90.4 Å². The molecule has 2 unspecified atom stereocenters. The van der Waals surface area contributed by atoms with E-state index in [-0.39, 0.29) is 35.3 Å². The molecule has 1 aromatic rings. The second kappa shape index (κ2) is 7.40. The van der Waals surface area contributed by atoms with Gasteiger partial charge in [-0.25, -0.2) is 13.4 Å². The van der Waals surface area contributed by atoms with Crippen molar-refractivity contribution in [2.75, 3.05) is 30.6 Å². The first-order valence-corrected chi connectivity index (χ1v) is 10.6. The number of ketones is 1. The van der Waals surface area contributed by atoms with Crippen molar-refractivity contribution in [3.05, 3.63) is 30.3 Å². The summed E-state index contributed by atoms with van der Waals surface area (Å²) in [5.74, 6) is -0.409. The van der Waals surface area contributed by atoms with Gasteiger partial charge in [-0.3, -0.25) is 19.6 Å². The smallest absolute Gasteiger partial charge is 0.284 e. The SMILES string of the molecule is CC(=O)C1CC(C(=O)N(C2CCS(=O)(=O)C2)N(C)C)=NN1c1ccccc1. The van der Waals surface area contributed by atoms with Crippen LogP contribution in [-0.2, 0) is 19.4 Å². The maximum Gasteiger partial charge on any atom is 0.284 e. The van der Waals surface area contributed by atoms with Crippen LogP contribution in [0.2, 0.25) is 0 Å². The Balaban J connectivity index is 1.89. The summed E-state index contributed by atoms with van der Waals surface area (Å²) in [7, 11) is 0.274. The van der Waals surface area contributed by atoms with Crippen LogP contribution in [0.1, 0.15) is 19.8 Å². The number of hydrazine groups is 1. The fraction of sp³-hybridized carbons (Fsp3) is 0.500. The van der Waals surface area contributed by atoms with E-state index in [1.165, 1.54) is 11.9 Å². The largest absolute Gasteiger partial charge is 0.298 e. The number of Topliss-reactive ketones (excluding diaryl/α,β-unsaturated/α-hetero) is 1. The van der Waals surface area contributed by atoms with Gasteiger partial charge < -0.3 is 0 Å². The number of para-hydroxylation sites is 1. The van der Waals surface area contributed by atoms with Crippen molar-refractivity contribution in [1.29, 1.82) is 0 Å². The number of carbonyl (C=O) groups excluding carboxylic acids is 2. The number of hydrazone groups is 1. The second-order valence-electron chi connectivity index (χ2n) is 7.11. The van der Waals surface area contributed by atoms with Crippen molar-refractivity contribution in [1.82, 2.24) is 10.0 Å². The predicted molar refractivity (Wildman–Crippen MR) is 103 cm³/mol. The molecule has 9 heteroatoms. The fourth-order valence-corrected chi connectivity index (χ4v) is 5.24. The summed E-state index contributed by atoms with van der Waals surface area (Å²) in [6.45, 7) is 1.48. The summed E-state index contributed by atoms with van der Waals surface area (Å²) in [4.78, 5) is 25.3. The third-order valence-electron chi connectivity index (χ3n) is 4.84. The molecule has 0 radical (unpaired) electrons. The highest BCUT2D eigenvalue weighted by Gasteiger charge is 2.41. The van der Waals surface area contributed by atoms with Crippen LogP contribution in [0.3, 0.4) is 0 Å². The average molecular weight is 392 g/mol. The van der Waals surface area contributed by atoms with E-state index in [9.17, 15) is 18.0 Å². The van der Waals surface area contributed by atoms with Crippen molar-refractivity contribution in [2.45, 2.75) is 31.8 Å². The molecule has 0 aromatic heterocycles. The fourth-order valence-electron chi connectivity index (χ4n) is 3.55. The number of benzene rings is 1. The van der Waals surface area contributed by atoms with Crippen LogP contribution in [0, 0.1) is 0 Å². The van der Waals surface area contributed by atoms with Gasteiger partial charge in [0.15, 0.2) is 15.6 Å². The van der Waals surface area contributed by atoms with Gasteiger partial charge in [-0.15, -0.1) is 0 Å². The molecule has 146 valence electrons. The zero-order valence-electron chi connectivity index (χ0n) is 15.7. The van der Waals surface area contributed by atoms with Crippen molar-refractivity contribution < 1.29 is 18.0 Å². The van der Waals surface area contributed by atoms with E-state index in [4.69, 9.17) is 0 Å². The first-order valence-electron chi connectivity index (χ1n) is 8.83. The Morgan fingerprint density at radius 2 is 1.85 bits per heavy atom. The van der Waals surface area contributed by atoms with Gasteiger partial charge in [0.2, 0.25) is 0 Å². The van der Waals surface area contributed by atoms with Crippen LogP contribution in [0.25, 0.3) is 0 Å². The lowest BCUT2D eigenvalue weighted by Crippen LogP contribution is -2.51. The molecular formula is C18H24N4O4S. The molecule has 0 saturated carbocycles.